The maximum Gasteiger partial charge on any atom is 0.408 e. The van der Waals surface area contributed by atoms with Crippen molar-refractivity contribution in [1.82, 2.24) is 10.3 Å². The van der Waals surface area contributed by atoms with Gasteiger partial charge in [0.05, 0.1) is 0 Å². The molecular weight excluding hydrogens is 404 g/mol. The number of ether oxygens (including phenoxy) is 1. The Balaban J connectivity index is 1.71. The van der Waals surface area contributed by atoms with Crippen LogP contribution >= 0.6 is 0 Å². The molecule has 1 amide bonds. The van der Waals surface area contributed by atoms with Crippen LogP contribution in [0.5, 0.6) is 0 Å². The van der Waals surface area contributed by atoms with Crippen molar-refractivity contribution in [3.63, 3.8) is 0 Å². The molecule has 31 heavy (non-hydrogen) atoms. The number of hydrogen-bond acceptors (Lipinski definition) is 5. The first-order valence-electron chi connectivity index (χ1n) is 9.49. The van der Waals surface area contributed by atoms with Crippen molar-refractivity contribution < 1.29 is 34.4 Å². The molecule has 1 heterocycles. The van der Waals surface area contributed by atoms with Gasteiger partial charge in [-0.15, -0.1) is 0 Å². The van der Waals surface area contributed by atoms with Gasteiger partial charge in [-0.05, 0) is 17.2 Å². The lowest BCUT2D eigenvalue weighted by atomic mass is 9.88. The van der Waals surface area contributed by atoms with E-state index >= 15 is 0 Å². The number of alkyl carbamates (subject to hydrolysis) is 1. The third-order valence-electron chi connectivity index (χ3n) is 4.90. The highest BCUT2D eigenvalue weighted by Gasteiger charge is 2.42. The van der Waals surface area contributed by atoms with E-state index in [1.54, 1.807) is 60.8 Å². The van der Waals surface area contributed by atoms with E-state index in [1.165, 1.54) is 0 Å². The van der Waals surface area contributed by atoms with Gasteiger partial charge in [-0.2, -0.15) is 0 Å². The molecule has 0 spiro atoms. The van der Waals surface area contributed by atoms with Crippen LogP contribution in [-0.4, -0.2) is 50.0 Å². The van der Waals surface area contributed by atoms with Crippen LogP contribution in [0.25, 0.3) is 10.9 Å². The summed E-state index contributed by atoms with van der Waals surface area (Å²) >= 11 is 0. The average molecular weight is 426 g/mol. The van der Waals surface area contributed by atoms with E-state index in [4.69, 9.17) is 4.74 Å². The average Bonchev–Trinajstić information content (AvgIpc) is 3.15. The lowest BCUT2D eigenvalue weighted by molar-refractivity contribution is -0.161. The number of aliphatic hydroxyl groups is 1. The summed E-state index contributed by atoms with van der Waals surface area (Å²) in [4.78, 5) is 38.5. The van der Waals surface area contributed by atoms with Gasteiger partial charge in [-0.3, -0.25) is 0 Å². The number of nitrogens with one attached hydrogen (secondary N) is 2. The highest BCUT2D eigenvalue weighted by Crippen LogP contribution is 2.26. The van der Waals surface area contributed by atoms with E-state index in [2.05, 4.69) is 10.3 Å². The van der Waals surface area contributed by atoms with Crippen LogP contribution in [0, 0.1) is 0 Å². The summed E-state index contributed by atoms with van der Waals surface area (Å²) in [6.07, 6.45) is -0.569. The maximum absolute atomic E-state index is 12.0. The maximum atomic E-state index is 12.0. The molecule has 2 atom stereocenters. The number of aromatic nitrogens is 1. The highest BCUT2D eigenvalue weighted by atomic mass is 16.5. The van der Waals surface area contributed by atoms with E-state index in [9.17, 15) is 29.7 Å². The molecule has 0 saturated heterocycles. The molecule has 9 nitrogen and oxygen atoms in total. The third kappa shape index (κ3) is 5.40. The molecule has 0 aliphatic heterocycles. The molecule has 0 radical (unpaired) electrons. The van der Waals surface area contributed by atoms with Crippen molar-refractivity contribution in [2.24, 2.45) is 0 Å². The van der Waals surface area contributed by atoms with Gasteiger partial charge in [0.2, 0.25) is 0 Å². The van der Waals surface area contributed by atoms with Crippen LogP contribution in [0.15, 0.2) is 60.8 Å². The Kier molecular flexibility index (Phi) is 6.56. The van der Waals surface area contributed by atoms with Gasteiger partial charge in [0.1, 0.15) is 12.6 Å². The second-order valence-electron chi connectivity index (χ2n) is 7.17. The third-order valence-corrected chi connectivity index (χ3v) is 4.90. The number of carbonyl (C=O) groups excluding carboxylic acids is 1. The number of aromatic amines is 1. The number of H-pyrrole nitrogens is 1. The predicted octanol–water partition coefficient (Wildman–Crippen LogP) is 2.30. The van der Waals surface area contributed by atoms with Crippen molar-refractivity contribution in [2.75, 3.05) is 0 Å². The van der Waals surface area contributed by atoms with Crippen LogP contribution < -0.4 is 5.32 Å². The van der Waals surface area contributed by atoms with Gasteiger partial charge in [-0.25, -0.2) is 14.4 Å². The number of fused-ring (bicyclic) bond motifs is 1. The van der Waals surface area contributed by atoms with Crippen molar-refractivity contribution in [3.8, 4) is 0 Å². The van der Waals surface area contributed by atoms with Crippen molar-refractivity contribution >= 4 is 28.9 Å². The smallest absolute Gasteiger partial charge is 0.408 e. The number of aliphatic carboxylic acids is 2. The molecule has 2 unspecified atom stereocenters. The molecule has 0 saturated carbocycles. The van der Waals surface area contributed by atoms with Gasteiger partial charge in [0.25, 0.3) is 0 Å². The molecule has 2 aromatic carbocycles. The molecule has 3 aromatic rings. The number of carboxylic acid groups (broad SMARTS) is 2. The summed E-state index contributed by atoms with van der Waals surface area (Å²) in [5.74, 6) is -3.08. The summed E-state index contributed by atoms with van der Waals surface area (Å²) in [6.45, 7) is -0.0858. The zero-order valence-corrected chi connectivity index (χ0v) is 16.4. The first-order chi connectivity index (χ1) is 14.8. The Morgan fingerprint density at radius 2 is 1.71 bits per heavy atom. The fourth-order valence-electron chi connectivity index (χ4n) is 3.27. The number of benzene rings is 2. The summed E-state index contributed by atoms with van der Waals surface area (Å²) in [5, 5.41) is 32.7. The number of carbonyl (C=O) groups is 3. The zero-order valence-electron chi connectivity index (χ0n) is 16.4. The summed E-state index contributed by atoms with van der Waals surface area (Å²) in [6, 6.07) is 14.2. The summed E-state index contributed by atoms with van der Waals surface area (Å²) in [7, 11) is 0. The number of rotatable bonds is 9. The largest absolute Gasteiger partial charge is 0.480 e. The highest BCUT2D eigenvalue weighted by molar-refractivity contribution is 5.86. The molecule has 0 fully saturated rings. The van der Waals surface area contributed by atoms with E-state index in [1.807, 2.05) is 0 Å². The Morgan fingerprint density at radius 1 is 1.03 bits per heavy atom. The normalized spacial score (nSPS) is 13.8. The predicted molar refractivity (Wildman–Crippen MR) is 110 cm³/mol. The number of para-hydroxylation sites is 1. The topological polar surface area (TPSA) is 149 Å². The Labute approximate surface area is 177 Å². The van der Waals surface area contributed by atoms with Gasteiger partial charge in [0, 0.05) is 29.9 Å². The Morgan fingerprint density at radius 3 is 2.39 bits per heavy atom. The monoisotopic (exact) mass is 426 g/mol. The van der Waals surface area contributed by atoms with Crippen LogP contribution in [0.3, 0.4) is 0 Å². The molecule has 162 valence electrons. The summed E-state index contributed by atoms with van der Waals surface area (Å²) in [5.41, 5.74) is -0.467. The second kappa shape index (κ2) is 9.31. The van der Waals surface area contributed by atoms with Gasteiger partial charge < -0.3 is 30.4 Å². The standard InChI is InChI=1S/C22H22N2O7/c25-19(26)18(24-21(29)31-13-14-6-2-1-3-7-14)11-22(30,20(27)28)10-15-12-23-17-9-5-4-8-16(15)17/h1-9,12,18,23,30H,10-11,13H2,(H,24,29)(H,25,26)(H,27,28). The van der Waals surface area contributed by atoms with Crippen molar-refractivity contribution in [3.05, 3.63) is 71.9 Å². The molecule has 5 N–H and O–H groups in total. The Bertz CT molecular complexity index is 1080. The van der Waals surface area contributed by atoms with E-state index in [0.717, 1.165) is 5.52 Å². The van der Waals surface area contributed by atoms with E-state index in [-0.39, 0.29) is 13.0 Å². The molecule has 0 aliphatic carbocycles. The fraction of sp³-hybridized carbons (Fsp3) is 0.227. The lowest BCUT2D eigenvalue weighted by Gasteiger charge is -2.26. The second-order valence-corrected chi connectivity index (χ2v) is 7.17. The van der Waals surface area contributed by atoms with Gasteiger partial charge in [0.15, 0.2) is 5.60 Å². The van der Waals surface area contributed by atoms with Gasteiger partial charge >= 0.3 is 18.0 Å². The van der Waals surface area contributed by atoms with Crippen molar-refractivity contribution in [2.45, 2.75) is 31.1 Å². The first-order valence-corrected chi connectivity index (χ1v) is 9.49. The zero-order chi connectivity index (χ0) is 22.4. The van der Waals surface area contributed by atoms with Crippen LogP contribution in [0.2, 0.25) is 0 Å². The fourth-order valence-corrected chi connectivity index (χ4v) is 3.27. The minimum absolute atomic E-state index is 0.0858. The SMILES string of the molecule is O=C(NC(CC(O)(Cc1c[nH]c2ccccc12)C(=O)O)C(=O)O)OCc1ccccc1. The minimum Gasteiger partial charge on any atom is -0.480 e. The summed E-state index contributed by atoms with van der Waals surface area (Å²) < 4.78 is 5.00. The first kappa shape index (κ1) is 21.8. The minimum atomic E-state index is -2.43. The molecule has 3 rings (SSSR count). The molecular formula is C22H22N2O7. The van der Waals surface area contributed by atoms with Crippen LogP contribution in [0.1, 0.15) is 17.5 Å². The van der Waals surface area contributed by atoms with Crippen LogP contribution in [0.4, 0.5) is 4.79 Å². The van der Waals surface area contributed by atoms with E-state index < -0.39 is 36.1 Å². The number of carboxylic acids is 2. The molecule has 0 bridgehead atoms. The Hall–Kier alpha value is -3.85. The van der Waals surface area contributed by atoms with Crippen LogP contribution in [-0.2, 0) is 27.4 Å². The number of amides is 1. The number of hydrogen-bond donors (Lipinski definition) is 5. The van der Waals surface area contributed by atoms with Gasteiger partial charge in [-0.1, -0.05) is 48.5 Å². The molecule has 1 aromatic heterocycles. The molecule has 0 aliphatic rings. The quantitative estimate of drug-likeness (QED) is 0.352. The molecule has 9 heteroatoms. The van der Waals surface area contributed by atoms with E-state index in [0.29, 0.717) is 16.5 Å². The van der Waals surface area contributed by atoms with Crippen molar-refractivity contribution in [1.29, 1.82) is 0 Å². The lowest BCUT2D eigenvalue weighted by Crippen LogP contribution is -2.51.